The molecular weight excluding hydrogens is 464 g/mol. The van der Waals surface area contributed by atoms with Gasteiger partial charge in [-0.3, -0.25) is 4.98 Å². The van der Waals surface area contributed by atoms with Gasteiger partial charge in [0.05, 0.1) is 19.7 Å². The number of nitrogens with zero attached hydrogens (tertiary/aromatic N) is 1. The van der Waals surface area contributed by atoms with Crippen LogP contribution < -0.4 is 19.5 Å². The molecule has 35 heavy (non-hydrogen) atoms. The summed E-state index contributed by atoms with van der Waals surface area (Å²) in [6, 6.07) is 24.3. The first kappa shape index (κ1) is 22.8. The van der Waals surface area contributed by atoms with Gasteiger partial charge in [0.15, 0.2) is 17.7 Å². The van der Waals surface area contributed by atoms with E-state index in [9.17, 15) is 5.11 Å². The minimum absolute atomic E-state index is 0.600. The molecule has 1 aromatic heterocycles. The van der Waals surface area contributed by atoms with Crippen LogP contribution in [-0.2, 0) is 0 Å². The summed E-state index contributed by atoms with van der Waals surface area (Å²) in [5.41, 5.74) is 2.27. The van der Waals surface area contributed by atoms with Crippen LogP contribution in [0.2, 0.25) is 5.02 Å². The van der Waals surface area contributed by atoms with Gasteiger partial charge in [-0.1, -0.05) is 35.9 Å². The van der Waals surface area contributed by atoms with Gasteiger partial charge in [-0.25, -0.2) is 0 Å². The van der Waals surface area contributed by atoms with Crippen molar-refractivity contribution >= 4 is 39.0 Å². The van der Waals surface area contributed by atoms with Crippen LogP contribution in [0.1, 0.15) is 11.8 Å². The molecule has 7 heteroatoms. The quantitative estimate of drug-likeness (QED) is 0.242. The molecule has 0 amide bonds. The van der Waals surface area contributed by atoms with Crippen LogP contribution >= 0.6 is 11.6 Å². The zero-order valence-corrected chi connectivity index (χ0v) is 19.9. The van der Waals surface area contributed by atoms with Crippen molar-refractivity contribution in [3.8, 4) is 23.0 Å². The smallest absolute Gasteiger partial charge is 0.162 e. The van der Waals surface area contributed by atoms with Crippen molar-refractivity contribution in [2.75, 3.05) is 19.5 Å². The normalized spacial score (nSPS) is 11.9. The van der Waals surface area contributed by atoms with Crippen molar-refractivity contribution in [2.45, 2.75) is 6.23 Å². The molecule has 176 valence electrons. The number of benzene rings is 4. The third-order valence-corrected chi connectivity index (χ3v) is 6.01. The highest BCUT2D eigenvalue weighted by Crippen LogP contribution is 2.37. The minimum Gasteiger partial charge on any atom is -0.493 e. The van der Waals surface area contributed by atoms with E-state index in [1.807, 2.05) is 66.7 Å². The monoisotopic (exact) mass is 486 g/mol. The van der Waals surface area contributed by atoms with Gasteiger partial charge in [0.2, 0.25) is 0 Å². The number of nitrogens with one attached hydrogen (secondary N) is 1. The average Bonchev–Trinajstić information content (AvgIpc) is 2.88. The summed E-state index contributed by atoms with van der Waals surface area (Å²) in [6.45, 7) is 0. The number of fused-ring (bicyclic) bond motifs is 2. The zero-order valence-electron chi connectivity index (χ0n) is 19.2. The second-order valence-corrected chi connectivity index (χ2v) is 8.36. The molecule has 0 saturated heterocycles. The van der Waals surface area contributed by atoms with Crippen molar-refractivity contribution in [2.24, 2.45) is 0 Å². The number of aliphatic hydroxyl groups excluding tert-OH is 1. The molecule has 0 spiro atoms. The highest BCUT2D eigenvalue weighted by Gasteiger charge is 2.14. The van der Waals surface area contributed by atoms with Crippen molar-refractivity contribution in [3.63, 3.8) is 0 Å². The first-order chi connectivity index (χ1) is 17.1. The minimum atomic E-state index is -0.891. The summed E-state index contributed by atoms with van der Waals surface area (Å²) in [5, 5.41) is 17.3. The molecular formula is C28H23ClN2O4. The SMILES string of the molecule is COc1cc2nccc(Oc3ccc4c(C(O)Nc5ccc(Cl)cc5)cccc4c3)c2cc1OC. The molecule has 1 heterocycles. The van der Waals surface area contributed by atoms with Gasteiger partial charge in [0, 0.05) is 33.9 Å². The Morgan fingerprint density at radius 1 is 0.829 bits per heavy atom. The Hall–Kier alpha value is -4.00. The number of methoxy groups -OCH3 is 2. The van der Waals surface area contributed by atoms with E-state index in [1.54, 1.807) is 32.5 Å². The summed E-state index contributed by atoms with van der Waals surface area (Å²) in [4.78, 5) is 4.43. The fraction of sp³-hybridized carbons (Fsp3) is 0.107. The summed E-state index contributed by atoms with van der Waals surface area (Å²) in [7, 11) is 3.19. The number of anilines is 1. The van der Waals surface area contributed by atoms with Gasteiger partial charge in [-0.2, -0.15) is 0 Å². The Bertz CT molecular complexity index is 1510. The van der Waals surface area contributed by atoms with Crippen molar-refractivity contribution in [1.29, 1.82) is 0 Å². The average molecular weight is 487 g/mol. The summed E-state index contributed by atoms with van der Waals surface area (Å²) in [5.74, 6) is 2.52. The van der Waals surface area contributed by atoms with Crippen LogP contribution in [0.4, 0.5) is 5.69 Å². The highest BCUT2D eigenvalue weighted by atomic mass is 35.5. The number of halogens is 1. The van der Waals surface area contributed by atoms with E-state index in [0.29, 0.717) is 28.0 Å². The lowest BCUT2D eigenvalue weighted by molar-refractivity contribution is 0.210. The maximum absolute atomic E-state index is 10.9. The number of ether oxygens (including phenoxy) is 3. The number of hydrogen-bond donors (Lipinski definition) is 2. The summed E-state index contributed by atoms with van der Waals surface area (Å²) >= 11 is 5.96. The highest BCUT2D eigenvalue weighted by molar-refractivity contribution is 6.30. The van der Waals surface area contributed by atoms with E-state index < -0.39 is 6.23 Å². The van der Waals surface area contributed by atoms with E-state index in [4.69, 9.17) is 25.8 Å². The van der Waals surface area contributed by atoms with Gasteiger partial charge in [-0.15, -0.1) is 0 Å². The summed E-state index contributed by atoms with van der Waals surface area (Å²) < 4.78 is 17.1. The molecule has 0 bridgehead atoms. The van der Waals surface area contributed by atoms with Crippen LogP contribution in [0.15, 0.2) is 85.1 Å². The molecule has 1 atom stereocenters. The Balaban J connectivity index is 1.46. The molecule has 0 saturated carbocycles. The van der Waals surface area contributed by atoms with Gasteiger partial charge in [0.25, 0.3) is 0 Å². The zero-order chi connectivity index (χ0) is 24.4. The third-order valence-electron chi connectivity index (χ3n) is 5.76. The molecule has 0 aliphatic heterocycles. The fourth-order valence-corrected chi connectivity index (χ4v) is 4.16. The van der Waals surface area contributed by atoms with E-state index in [-0.39, 0.29) is 0 Å². The van der Waals surface area contributed by atoms with Crippen LogP contribution in [0.3, 0.4) is 0 Å². The predicted octanol–water partition coefficient (Wildman–Crippen LogP) is 6.95. The van der Waals surface area contributed by atoms with Crippen LogP contribution in [-0.4, -0.2) is 24.3 Å². The molecule has 0 radical (unpaired) electrons. The lowest BCUT2D eigenvalue weighted by Gasteiger charge is -2.17. The Morgan fingerprint density at radius 2 is 1.60 bits per heavy atom. The predicted molar refractivity (Wildman–Crippen MR) is 139 cm³/mol. The Morgan fingerprint density at radius 3 is 2.37 bits per heavy atom. The van der Waals surface area contributed by atoms with E-state index in [0.717, 1.165) is 32.9 Å². The van der Waals surface area contributed by atoms with Crippen molar-refractivity contribution in [3.05, 3.63) is 95.6 Å². The first-order valence-electron chi connectivity index (χ1n) is 11.0. The molecule has 6 nitrogen and oxygen atoms in total. The number of rotatable bonds is 7. The van der Waals surface area contributed by atoms with Crippen LogP contribution in [0.25, 0.3) is 21.7 Å². The van der Waals surface area contributed by atoms with E-state index in [1.165, 1.54) is 0 Å². The van der Waals surface area contributed by atoms with Gasteiger partial charge >= 0.3 is 0 Å². The number of aromatic nitrogens is 1. The Kier molecular flexibility index (Phi) is 6.31. The molecule has 5 rings (SSSR count). The topological polar surface area (TPSA) is 72.8 Å². The van der Waals surface area contributed by atoms with E-state index >= 15 is 0 Å². The van der Waals surface area contributed by atoms with Gasteiger partial charge < -0.3 is 24.6 Å². The second kappa shape index (κ2) is 9.70. The molecule has 1 unspecified atom stereocenters. The molecule has 0 fully saturated rings. The fourth-order valence-electron chi connectivity index (χ4n) is 4.03. The van der Waals surface area contributed by atoms with Crippen molar-refractivity contribution < 1.29 is 19.3 Å². The second-order valence-electron chi connectivity index (χ2n) is 7.92. The van der Waals surface area contributed by atoms with Crippen molar-refractivity contribution in [1.82, 2.24) is 4.98 Å². The molecule has 2 N–H and O–H groups in total. The lowest BCUT2D eigenvalue weighted by atomic mass is 10.0. The van der Waals surface area contributed by atoms with Gasteiger partial charge in [0.1, 0.15) is 11.5 Å². The summed E-state index contributed by atoms with van der Waals surface area (Å²) in [6.07, 6.45) is 0.805. The largest absolute Gasteiger partial charge is 0.493 e. The molecule has 4 aromatic carbocycles. The standard InChI is InChI=1S/C28H23ClN2O4/c1-33-26-15-23-24(16-27(26)34-2)30-13-12-25(23)35-20-10-11-21-17(14-20)4-3-5-22(21)28(32)31-19-8-6-18(29)7-9-19/h3-16,28,31-32H,1-2H3. The number of aliphatic hydroxyl groups is 1. The number of hydrogen-bond acceptors (Lipinski definition) is 6. The van der Waals surface area contributed by atoms with Gasteiger partial charge in [-0.05, 0) is 59.3 Å². The van der Waals surface area contributed by atoms with E-state index in [2.05, 4.69) is 10.3 Å². The Labute approximate surface area is 207 Å². The molecule has 0 aliphatic carbocycles. The molecule has 0 aliphatic rings. The third kappa shape index (κ3) is 4.67. The first-order valence-corrected chi connectivity index (χ1v) is 11.3. The number of pyridine rings is 1. The lowest BCUT2D eigenvalue weighted by Crippen LogP contribution is -2.10. The molecule has 5 aromatic rings. The van der Waals surface area contributed by atoms with Crippen LogP contribution in [0.5, 0.6) is 23.0 Å². The maximum atomic E-state index is 10.9. The maximum Gasteiger partial charge on any atom is 0.162 e. The van der Waals surface area contributed by atoms with Crippen LogP contribution in [0, 0.1) is 0 Å².